The van der Waals surface area contributed by atoms with Crippen molar-refractivity contribution in [1.29, 1.82) is 0 Å². The third-order valence-electron chi connectivity index (χ3n) is 5.04. The van der Waals surface area contributed by atoms with Crippen molar-refractivity contribution in [3.05, 3.63) is 95.6 Å². The van der Waals surface area contributed by atoms with Crippen molar-refractivity contribution in [1.82, 2.24) is 4.48 Å². The molecule has 3 rings (SSSR count). The zero-order valence-corrected chi connectivity index (χ0v) is 17.4. The fourth-order valence-electron chi connectivity index (χ4n) is 3.10. The molecule has 0 heterocycles. The first-order valence-electron chi connectivity index (χ1n) is 9.82. The van der Waals surface area contributed by atoms with Crippen LogP contribution in [0, 0.1) is 0 Å². The number of quaternary nitrogens is 1. The maximum Gasteiger partial charge on any atom is 0.343 e. The number of rotatable bonds is 8. The van der Waals surface area contributed by atoms with Crippen molar-refractivity contribution < 1.29 is 24.2 Å². The lowest BCUT2D eigenvalue weighted by Gasteiger charge is -2.29. The van der Waals surface area contributed by atoms with Gasteiger partial charge in [-0.25, -0.2) is 4.79 Å². The van der Waals surface area contributed by atoms with E-state index in [-0.39, 0.29) is 12.2 Å². The molecule has 0 bridgehead atoms. The molecule has 0 aliphatic rings. The van der Waals surface area contributed by atoms with Crippen LogP contribution in [-0.2, 0) is 4.79 Å². The molecule has 0 fully saturated rings. The number of aliphatic carboxylic acids is 1. The summed E-state index contributed by atoms with van der Waals surface area (Å²) in [5, 5.41) is 10.7. The molecule has 0 saturated heterocycles. The van der Waals surface area contributed by atoms with E-state index >= 15 is 0 Å². The molecule has 0 radical (unpaired) electrons. The summed E-state index contributed by atoms with van der Waals surface area (Å²) in [7, 11) is 3.77. The molecule has 0 unspecified atom stereocenters. The third-order valence-corrected chi connectivity index (χ3v) is 5.04. The van der Waals surface area contributed by atoms with E-state index in [1.807, 2.05) is 20.2 Å². The number of carbonyl (C=O) groups is 3. The summed E-state index contributed by atoms with van der Waals surface area (Å²) in [6.07, 6.45) is -0.0560. The van der Waals surface area contributed by atoms with Gasteiger partial charge in [-0.3, -0.25) is 9.28 Å². The number of esters is 1. The Morgan fingerprint density at radius 2 is 1.32 bits per heavy atom. The van der Waals surface area contributed by atoms with Crippen molar-refractivity contribution in [2.75, 3.05) is 20.6 Å². The van der Waals surface area contributed by atoms with Crippen LogP contribution >= 0.6 is 0 Å². The van der Waals surface area contributed by atoms with E-state index in [9.17, 15) is 19.5 Å². The van der Waals surface area contributed by atoms with E-state index in [1.54, 1.807) is 72.8 Å². The van der Waals surface area contributed by atoms with E-state index in [4.69, 9.17) is 4.74 Å². The fraction of sp³-hybridized carbons (Fsp3) is 0.160. The Morgan fingerprint density at radius 3 is 1.90 bits per heavy atom. The van der Waals surface area contributed by atoms with Crippen molar-refractivity contribution in [3.63, 3.8) is 0 Å². The van der Waals surface area contributed by atoms with Crippen LogP contribution in [0.1, 0.15) is 32.7 Å². The maximum atomic E-state index is 12.5. The van der Waals surface area contributed by atoms with Crippen LogP contribution in [0.3, 0.4) is 0 Å². The molecule has 6 heteroatoms. The van der Waals surface area contributed by atoms with Gasteiger partial charge in [-0.2, -0.15) is 0 Å². The van der Waals surface area contributed by atoms with Crippen molar-refractivity contribution in [3.8, 4) is 5.75 Å². The van der Waals surface area contributed by atoms with Crippen LogP contribution in [0.15, 0.2) is 78.9 Å². The molecule has 0 aliphatic heterocycles. The minimum atomic E-state index is -1.09. The van der Waals surface area contributed by atoms with E-state index < -0.39 is 11.9 Å². The average Bonchev–Trinajstić information content (AvgIpc) is 2.78. The monoisotopic (exact) mass is 417 g/mol. The Labute approximate surface area is 180 Å². The lowest BCUT2D eigenvalue weighted by molar-refractivity contribution is -0.305. The molecule has 3 aromatic rings. The number of ether oxygens (including phenoxy) is 1. The second kappa shape index (κ2) is 9.36. The highest BCUT2D eigenvalue weighted by Gasteiger charge is 2.20. The Hall–Kier alpha value is -3.77. The average molecular weight is 417 g/mol. The summed E-state index contributed by atoms with van der Waals surface area (Å²) in [6.45, 7) is 0.375. The Balaban J connectivity index is 1.65. The van der Waals surface area contributed by atoms with Gasteiger partial charge in [0.05, 0.1) is 26.2 Å². The minimum Gasteiger partial charge on any atom is -0.550 e. The number of carboxylic acids is 1. The zero-order valence-electron chi connectivity index (χ0n) is 17.4. The van der Waals surface area contributed by atoms with Gasteiger partial charge < -0.3 is 14.6 Å². The van der Waals surface area contributed by atoms with Gasteiger partial charge in [0.15, 0.2) is 5.78 Å². The Kier molecular flexibility index (Phi) is 6.62. The van der Waals surface area contributed by atoms with Crippen LogP contribution in [0.5, 0.6) is 5.75 Å². The number of carbonyl (C=O) groups excluding carboxylic acids is 3. The van der Waals surface area contributed by atoms with E-state index in [0.717, 1.165) is 5.69 Å². The summed E-state index contributed by atoms with van der Waals surface area (Å²) in [5.41, 5.74) is 2.33. The quantitative estimate of drug-likeness (QED) is 0.244. The van der Waals surface area contributed by atoms with Crippen LogP contribution < -0.4 is 14.3 Å². The second-order valence-corrected chi connectivity index (χ2v) is 7.69. The fourth-order valence-corrected chi connectivity index (χ4v) is 3.10. The van der Waals surface area contributed by atoms with Gasteiger partial charge in [0.1, 0.15) is 11.4 Å². The molecular weight excluding hydrogens is 394 g/mol. The topological polar surface area (TPSA) is 83.5 Å². The predicted molar refractivity (Wildman–Crippen MR) is 116 cm³/mol. The number of nitrogens with zero attached hydrogens (tertiary/aromatic N) is 1. The summed E-state index contributed by atoms with van der Waals surface area (Å²) >= 11 is 0. The van der Waals surface area contributed by atoms with Gasteiger partial charge in [0.25, 0.3) is 0 Å². The van der Waals surface area contributed by atoms with Gasteiger partial charge in [-0.15, -0.1) is 0 Å². The summed E-state index contributed by atoms with van der Waals surface area (Å²) < 4.78 is 5.75. The molecule has 0 aliphatic carbocycles. The Morgan fingerprint density at radius 1 is 0.774 bits per heavy atom. The van der Waals surface area contributed by atoms with Gasteiger partial charge in [-0.05, 0) is 48.5 Å². The molecule has 0 amide bonds. The molecule has 0 N–H and O–H groups in total. The molecule has 6 nitrogen and oxygen atoms in total. The van der Waals surface area contributed by atoms with Gasteiger partial charge in [0.2, 0.25) is 0 Å². The van der Waals surface area contributed by atoms with Gasteiger partial charge >= 0.3 is 5.97 Å². The number of ketones is 1. The first kappa shape index (κ1) is 21.9. The summed E-state index contributed by atoms with van der Waals surface area (Å²) in [6, 6.07) is 22.2. The zero-order chi connectivity index (χ0) is 22.4. The largest absolute Gasteiger partial charge is 0.550 e. The molecule has 0 spiro atoms. The minimum absolute atomic E-state index is 0.0560. The molecule has 31 heavy (non-hydrogen) atoms. The highest BCUT2D eigenvalue weighted by Crippen LogP contribution is 2.21. The first-order valence-corrected chi connectivity index (χ1v) is 9.82. The smallest absolute Gasteiger partial charge is 0.343 e. The summed E-state index contributed by atoms with van der Waals surface area (Å²) in [4.78, 5) is 35.6. The normalized spacial score (nSPS) is 11.0. The standard InChI is InChI=1S/C25H23NO5/c1-26(2,17-16-23(27)28)21-12-8-20(9-13-21)25(30)31-22-14-10-19(11-15-22)24(29)18-6-4-3-5-7-18/h3-15H,16-17H2,1-2H3. The van der Waals surface area contributed by atoms with E-state index in [2.05, 4.69) is 0 Å². The molecule has 0 saturated carbocycles. The highest BCUT2D eigenvalue weighted by atomic mass is 16.5. The molecule has 0 aromatic heterocycles. The van der Waals surface area contributed by atoms with E-state index in [1.165, 1.54) is 0 Å². The van der Waals surface area contributed by atoms with E-state index in [0.29, 0.717) is 33.5 Å². The predicted octanol–water partition coefficient (Wildman–Crippen LogP) is 2.84. The van der Waals surface area contributed by atoms with Gasteiger partial charge in [-0.1, -0.05) is 30.3 Å². The lowest BCUT2D eigenvalue weighted by Crippen LogP contribution is -2.43. The molecular formula is C25H23NO5. The third kappa shape index (κ3) is 5.65. The van der Waals surface area contributed by atoms with Crippen LogP contribution in [0.4, 0.5) is 5.69 Å². The van der Waals surface area contributed by atoms with Crippen LogP contribution in [-0.4, -0.2) is 38.4 Å². The highest BCUT2D eigenvalue weighted by molar-refractivity contribution is 6.09. The summed E-state index contributed by atoms with van der Waals surface area (Å²) in [5.74, 6) is -1.38. The SMILES string of the molecule is C[N+](C)(CCC(=O)[O-])c1ccc(C(=O)Oc2ccc(C(=O)c3ccccc3)cc2)cc1. The lowest BCUT2D eigenvalue weighted by atomic mass is 10.0. The van der Waals surface area contributed by atoms with Crippen molar-refractivity contribution in [2.24, 2.45) is 0 Å². The molecule has 158 valence electrons. The van der Waals surface area contributed by atoms with Crippen LogP contribution in [0.25, 0.3) is 0 Å². The second-order valence-electron chi connectivity index (χ2n) is 7.69. The molecule has 3 aromatic carbocycles. The molecule has 0 atom stereocenters. The number of hydrogen-bond acceptors (Lipinski definition) is 5. The van der Waals surface area contributed by atoms with Crippen LogP contribution in [0.2, 0.25) is 0 Å². The number of hydrogen-bond donors (Lipinski definition) is 0. The Bertz CT molecular complexity index is 1070. The number of carboxylic acid groups (broad SMARTS) is 1. The van der Waals surface area contributed by atoms with Crippen molar-refractivity contribution in [2.45, 2.75) is 6.42 Å². The first-order chi connectivity index (χ1) is 14.8. The van der Waals surface area contributed by atoms with Gasteiger partial charge in [0, 0.05) is 23.5 Å². The number of benzene rings is 3. The van der Waals surface area contributed by atoms with Crippen molar-refractivity contribution >= 4 is 23.4 Å². The maximum absolute atomic E-state index is 12.5.